The van der Waals surface area contributed by atoms with Gasteiger partial charge in [-0.1, -0.05) is 27.0 Å². The number of aryl methyl sites for hydroxylation is 1. The Balaban J connectivity index is 0.000000177. The summed E-state index contributed by atoms with van der Waals surface area (Å²) in [6.45, 7) is 16.2. The Bertz CT molecular complexity index is 2360. The lowest BCUT2D eigenvalue weighted by atomic mass is 9.78. The van der Waals surface area contributed by atoms with Gasteiger partial charge in [0.25, 0.3) is 0 Å². The van der Waals surface area contributed by atoms with Gasteiger partial charge in [0.2, 0.25) is 0 Å². The molecule has 0 saturated carbocycles. The molecule has 0 radical (unpaired) electrons. The van der Waals surface area contributed by atoms with Crippen LogP contribution in [-0.2, 0) is 32.0 Å². The molecule has 2 aromatic carbocycles. The molecule has 3 aliphatic heterocycles. The van der Waals surface area contributed by atoms with Crippen molar-refractivity contribution in [3.05, 3.63) is 90.0 Å². The Morgan fingerprint density at radius 1 is 0.661 bits per heavy atom. The molecule has 0 atom stereocenters. The van der Waals surface area contributed by atoms with Crippen molar-refractivity contribution in [1.29, 1.82) is 0 Å². The summed E-state index contributed by atoms with van der Waals surface area (Å²) in [6, 6.07) is 19.2. The second-order valence-corrected chi connectivity index (χ2v) is 15.6. The summed E-state index contributed by atoms with van der Waals surface area (Å²) in [4.78, 5) is 13.8. The second kappa shape index (κ2) is 20.7. The number of benzene rings is 2. The lowest BCUT2D eigenvalue weighted by Gasteiger charge is -2.32. The van der Waals surface area contributed by atoms with Crippen LogP contribution in [0.3, 0.4) is 0 Å². The lowest BCUT2D eigenvalue weighted by Crippen LogP contribution is -2.41. The first kappa shape index (κ1) is 47.7. The minimum atomic E-state index is -0.416. The number of fused-ring (bicyclic) bond motifs is 2. The highest BCUT2D eigenvalue weighted by Crippen LogP contribution is 2.37. The van der Waals surface area contributed by atoms with Crippen molar-refractivity contribution < 1.29 is 38.5 Å². The molecule has 0 bridgehead atoms. The summed E-state index contributed by atoms with van der Waals surface area (Å²) in [5.41, 5.74) is 4.49. The van der Waals surface area contributed by atoms with E-state index >= 15 is 0 Å². The Morgan fingerprint density at radius 3 is 1.66 bits per heavy atom. The molecule has 3 saturated heterocycles. The zero-order chi connectivity index (χ0) is 42.4. The van der Waals surface area contributed by atoms with Gasteiger partial charge in [0.1, 0.15) is 28.4 Å². The Labute approximate surface area is 365 Å². The van der Waals surface area contributed by atoms with Crippen LogP contribution in [0, 0.1) is 6.92 Å². The molecular weight excluding hydrogens is 791 g/mol. The van der Waals surface area contributed by atoms with Gasteiger partial charge in [0.15, 0.2) is 17.5 Å². The second-order valence-electron chi connectivity index (χ2n) is 15.6. The smallest absolute Gasteiger partial charge is 0.494 e. The van der Waals surface area contributed by atoms with Crippen LogP contribution in [-0.4, -0.2) is 125 Å². The number of aliphatic hydroxyl groups is 2. The molecule has 17 heteroatoms. The average Bonchev–Trinajstić information content (AvgIpc) is 4.00. The fourth-order valence-electron chi connectivity index (χ4n) is 7.17. The van der Waals surface area contributed by atoms with Gasteiger partial charge in [-0.3, -0.25) is 0 Å². The zero-order valence-electron chi connectivity index (χ0n) is 35.5. The highest BCUT2D eigenvalue weighted by atomic mass is 16.7. The summed E-state index contributed by atoms with van der Waals surface area (Å²) >= 11 is 0. The third-order valence-electron chi connectivity index (χ3n) is 11.2. The molecule has 2 N–H and O–H groups in total. The van der Waals surface area contributed by atoms with Gasteiger partial charge in [-0.15, -0.1) is 5.10 Å². The minimum Gasteiger partial charge on any atom is -0.496 e. The standard InChI is InChI=1S/C18H20N4O3.C14H21BO4.C11H14N4O.2CH4/c1-24-16-5-4-13(11-14(16)12-23)17-19-18(21-7-9-25-10-8-21)15-3-2-6-22(15)20-17;1-13(2)14(3,4)19-15(18-13)11-6-7-12(17-5)10(8-11)9-16;1-9-12-11(14-5-7-16-8-6-14)10-3-2-4-15(10)13-9;;/h2-6,11,23H,7-10,12H2,1H3;6-8,16H,9H2,1-5H3;2-4H,5-8H2,1H3;2*1H4. The first-order valence-corrected chi connectivity index (χ1v) is 20.2. The van der Waals surface area contributed by atoms with E-state index in [1.54, 1.807) is 14.2 Å². The number of aliphatic hydroxyl groups excluding tert-OH is 2. The van der Waals surface area contributed by atoms with E-state index < -0.39 is 7.12 Å². The first-order chi connectivity index (χ1) is 28.9. The van der Waals surface area contributed by atoms with Crippen molar-refractivity contribution in [3.63, 3.8) is 0 Å². The number of ether oxygens (including phenoxy) is 4. The molecule has 0 unspecified atom stereocenters. The van der Waals surface area contributed by atoms with Crippen molar-refractivity contribution in [2.45, 2.75) is 73.9 Å². The van der Waals surface area contributed by atoms with E-state index in [2.05, 4.69) is 25.0 Å². The molecule has 334 valence electrons. The van der Waals surface area contributed by atoms with Crippen molar-refractivity contribution in [2.75, 3.05) is 76.6 Å². The quantitative estimate of drug-likeness (QED) is 0.188. The van der Waals surface area contributed by atoms with Crippen molar-refractivity contribution in [3.8, 4) is 22.9 Å². The molecule has 62 heavy (non-hydrogen) atoms. The van der Waals surface area contributed by atoms with Crippen LogP contribution in [0.1, 0.15) is 59.5 Å². The van der Waals surface area contributed by atoms with Crippen LogP contribution < -0.4 is 24.7 Å². The number of methoxy groups -OCH3 is 2. The van der Waals surface area contributed by atoms with E-state index in [4.69, 9.17) is 33.2 Å². The summed E-state index contributed by atoms with van der Waals surface area (Å²) in [6.07, 6.45) is 3.87. The van der Waals surface area contributed by atoms with E-state index in [0.717, 1.165) is 84.5 Å². The van der Waals surface area contributed by atoms with Gasteiger partial charge in [-0.05, 0) is 88.6 Å². The number of hydrogen-bond donors (Lipinski definition) is 2. The van der Waals surface area contributed by atoms with Gasteiger partial charge in [0.05, 0.1) is 65.1 Å². The van der Waals surface area contributed by atoms with E-state index in [1.807, 2.05) is 117 Å². The average molecular weight is 855 g/mol. The largest absolute Gasteiger partial charge is 0.496 e. The van der Waals surface area contributed by atoms with Crippen LogP contribution in [0.4, 0.5) is 11.6 Å². The molecule has 7 heterocycles. The lowest BCUT2D eigenvalue weighted by molar-refractivity contribution is 0.00578. The SMILES string of the molecule is C.C.COc1ccc(-c2nc(N3CCOCC3)c3cccn3n2)cc1CO.COc1ccc(B2OC(C)(C)C(C)(C)O2)cc1CO.Cc1nc(N2CCOCC2)c2cccn2n1. The number of morpholine rings is 2. The first-order valence-electron chi connectivity index (χ1n) is 20.2. The zero-order valence-corrected chi connectivity index (χ0v) is 35.5. The van der Waals surface area contributed by atoms with E-state index in [9.17, 15) is 10.2 Å². The van der Waals surface area contributed by atoms with Gasteiger partial charge in [0, 0.05) is 55.3 Å². The predicted molar refractivity (Wildman–Crippen MR) is 243 cm³/mol. The highest BCUT2D eigenvalue weighted by Gasteiger charge is 2.51. The summed E-state index contributed by atoms with van der Waals surface area (Å²) < 4.78 is 37.0. The monoisotopic (exact) mass is 854 g/mol. The van der Waals surface area contributed by atoms with Gasteiger partial charge < -0.3 is 48.3 Å². The maximum absolute atomic E-state index is 9.57. The third kappa shape index (κ3) is 10.3. The van der Waals surface area contributed by atoms with Crippen LogP contribution in [0.2, 0.25) is 0 Å². The normalized spacial score (nSPS) is 16.7. The molecule has 3 aliphatic rings. The minimum absolute atomic E-state index is 0. The maximum Gasteiger partial charge on any atom is 0.494 e. The third-order valence-corrected chi connectivity index (χ3v) is 11.2. The van der Waals surface area contributed by atoms with E-state index in [1.165, 1.54) is 0 Å². The summed E-state index contributed by atoms with van der Waals surface area (Å²) in [7, 11) is 2.76. The van der Waals surface area contributed by atoms with Crippen molar-refractivity contribution in [2.24, 2.45) is 0 Å². The fraction of sp³-hybridized carbons (Fsp3) is 0.467. The van der Waals surface area contributed by atoms with E-state index in [-0.39, 0.29) is 39.3 Å². The Kier molecular flexibility index (Phi) is 16.0. The molecule has 16 nitrogen and oxygen atoms in total. The fourth-order valence-corrected chi connectivity index (χ4v) is 7.17. The number of aromatic nitrogens is 6. The molecule has 0 spiro atoms. The molecule has 4 aromatic heterocycles. The van der Waals surface area contributed by atoms with Gasteiger partial charge >= 0.3 is 7.12 Å². The van der Waals surface area contributed by atoms with Crippen LogP contribution in [0.5, 0.6) is 11.5 Å². The van der Waals surface area contributed by atoms with E-state index in [0.29, 0.717) is 36.1 Å². The van der Waals surface area contributed by atoms with Crippen molar-refractivity contribution >= 4 is 35.3 Å². The Hall–Kier alpha value is -5.30. The molecular formula is C45H63BN8O8. The van der Waals surface area contributed by atoms with Gasteiger partial charge in [-0.2, -0.15) is 5.10 Å². The Morgan fingerprint density at radius 2 is 1.15 bits per heavy atom. The number of anilines is 2. The molecule has 0 amide bonds. The van der Waals surface area contributed by atoms with Crippen LogP contribution in [0.15, 0.2) is 73.1 Å². The summed E-state index contributed by atoms with van der Waals surface area (Å²) in [5.74, 6) is 4.65. The molecule has 0 aliphatic carbocycles. The summed E-state index contributed by atoms with van der Waals surface area (Å²) in [5, 5.41) is 27.9. The van der Waals surface area contributed by atoms with Crippen molar-refractivity contribution in [1.82, 2.24) is 29.2 Å². The number of rotatable bonds is 8. The maximum atomic E-state index is 9.57. The molecule has 3 fully saturated rings. The molecule has 6 aromatic rings. The predicted octanol–water partition coefficient (Wildman–Crippen LogP) is 5.37. The highest BCUT2D eigenvalue weighted by molar-refractivity contribution is 6.62. The number of hydrogen-bond acceptors (Lipinski definition) is 14. The van der Waals surface area contributed by atoms with Crippen LogP contribution in [0.25, 0.3) is 22.4 Å². The number of nitrogens with zero attached hydrogens (tertiary/aromatic N) is 8. The topological polar surface area (TPSA) is 163 Å². The molecule has 9 rings (SSSR count). The van der Waals surface area contributed by atoms with Gasteiger partial charge in [-0.25, -0.2) is 19.0 Å². The van der Waals surface area contributed by atoms with Crippen LogP contribution >= 0.6 is 0 Å².